The van der Waals surface area contributed by atoms with Gasteiger partial charge >= 0.3 is 0 Å². The van der Waals surface area contributed by atoms with Crippen molar-refractivity contribution < 1.29 is 33.3 Å². The highest BCUT2D eigenvalue weighted by Crippen LogP contribution is 2.41. The van der Waals surface area contributed by atoms with Crippen molar-refractivity contribution in [2.45, 2.75) is 100 Å². The van der Waals surface area contributed by atoms with Crippen LogP contribution in [0.3, 0.4) is 0 Å². The summed E-state index contributed by atoms with van der Waals surface area (Å²) >= 11 is 3.34. The number of ether oxygens (including phenoxy) is 4. The number of aliphatic hydroxyl groups excluding tert-OH is 1. The summed E-state index contributed by atoms with van der Waals surface area (Å²) in [5.41, 5.74) is 0. The molecule has 4 atom stereocenters. The molecule has 31 heavy (non-hydrogen) atoms. The predicted molar refractivity (Wildman–Crippen MR) is 128 cm³/mol. The van der Waals surface area contributed by atoms with Crippen molar-refractivity contribution in [3.8, 4) is 0 Å². The number of aliphatic hydroxyl groups is 1. The first kappa shape index (κ1) is 27.6. The molecule has 0 aromatic rings. The number of ketones is 1. The Morgan fingerprint density at radius 3 is 2.10 bits per heavy atom. The van der Waals surface area contributed by atoms with Gasteiger partial charge in [0.25, 0.3) is 0 Å². The molecule has 0 aliphatic carbocycles. The van der Waals surface area contributed by atoms with Gasteiger partial charge in [0, 0.05) is 14.2 Å². The van der Waals surface area contributed by atoms with Crippen LogP contribution in [-0.2, 0) is 28.2 Å². The Balaban J connectivity index is 2.37. The lowest BCUT2D eigenvalue weighted by Crippen LogP contribution is -2.64. The maximum Gasteiger partial charge on any atom is 0.196 e. The standard InChI is InChI=1S/C21H40O7S2Si/c1-20(2,3)31(8,9)28-17(18(24-6)25-7)16-13(22)15(26-21(4,5)27-16)14(23)19-29-11-10-12-30-19/h14-19,23H,10-12H2,1-9H3/t14-,15-,16+,17+/m0/s1. The topological polar surface area (TPSA) is 83.5 Å². The number of methoxy groups -OCH3 is 2. The Bertz CT molecular complexity index is 601. The van der Waals surface area contributed by atoms with E-state index in [0.717, 1.165) is 17.9 Å². The number of rotatable bonds is 8. The maximum atomic E-state index is 13.6. The van der Waals surface area contributed by atoms with E-state index in [-0.39, 0.29) is 15.4 Å². The molecule has 7 nitrogen and oxygen atoms in total. The van der Waals surface area contributed by atoms with Crippen molar-refractivity contribution in [2.24, 2.45) is 0 Å². The quantitative estimate of drug-likeness (QED) is 0.400. The van der Waals surface area contributed by atoms with Gasteiger partial charge in [-0.05, 0) is 49.9 Å². The summed E-state index contributed by atoms with van der Waals surface area (Å²) in [4.78, 5) is 13.6. The third kappa shape index (κ3) is 6.70. The van der Waals surface area contributed by atoms with Crippen LogP contribution in [0.1, 0.15) is 41.0 Å². The molecule has 2 aliphatic rings. The van der Waals surface area contributed by atoms with Crippen molar-refractivity contribution in [1.82, 2.24) is 0 Å². The number of hydrogen-bond donors (Lipinski definition) is 1. The molecule has 1 N–H and O–H groups in total. The molecule has 10 heteroatoms. The molecule has 2 fully saturated rings. The molecule has 0 saturated carbocycles. The van der Waals surface area contributed by atoms with Gasteiger partial charge < -0.3 is 28.5 Å². The first-order chi connectivity index (χ1) is 14.2. The number of hydrogen-bond acceptors (Lipinski definition) is 9. The molecule has 2 heterocycles. The van der Waals surface area contributed by atoms with Gasteiger partial charge in [-0.25, -0.2) is 0 Å². The number of thioether (sulfide) groups is 2. The highest BCUT2D eigenvalue weighted by atomic mass is 32.2. The van der Waals surface area contributed by atoms with Crippen molar-refractivity contribution in [3.63, 3.8) is 0 Å². The van der Waals surface area contributed by atoms with E-state index in [1.807, 2.05) is 0 Å². The summed E-state index contributed by atoms with van der Waals surface area (Å²) in [6, 6.07) is 0. The Labute approximate surface area is 196 Å². The van der Waals surface area contributed by atoms with Gasteiger partial charge in [-0.3, -0.25) is 4.79 Å². The van der Waals surface area contributed by atoms with E-state index < -0.39 is 44.8 Å². The van der Waals surface area contributed by atoms with Crippen molar-refractivity contribution >= 4 is 37.6 Å². The summed E-state index contributed by atoms with van der Waals surface area (Å²) in [6.45, 7) is 14.1. The molecule has 0 aromatic heterocycles. The average Bonchev–Trinajstić information content (AvgIpc) is 2.68. The van der Waals surface area contributed by atoms with E-state index in [0.29, 0.717) is 0 Å². The zero-order valence-electron chi connectivity index (χ0n) is 20.3. The lowest BCUT2D eigenvalue weighted by molar-refractivity contribution is -0.311. The highest BCUT2D eigenvalue weighted by Gasteiger charge is 2.54. The van der Waals surface area contributed by atoms with Crippen LogP contribution in [0.25, 0.3) is 0 Å². The second-order valence-corrected chi connectivity index (χ2v) is 17.6. The number of carbonyl (C=O) groups is 1. The normalized spacial score (nSPS) is 28.0. The van der Waals surface area contributed by atoms with Gasteiger partial charge in [-0.1, -0.05) is 20.8 Å². The van der Waals surface area contributed by atoms with E-state index in [2.05, 4.69) is 33.9 Å². The molecule has 0 unspecified atom stereocenters. The Kier molecular flexibility index (Phi) is 9.55. The Hall–Kier alpha value is 0.347. The largest absolute Gasteiger partial charge is 0.406 e. The minimum absolute atomic E-state index is 0.0880. The SMILES string of the molecule is COC(OC)[C@H](O[Si](C)(C)C(C)(C)C)[C@@H]1OC(C)(C)O[C@H]([C@H](O)C2SCCCS2)C1=O. The van der Waals surface area contributed by atoms with E-state index in [1.165, 1.54) is 14.2 Å². The van der Waals surface area contributed by atoms with Gasteiger partial charge in [0.1, 0.15) is 18.3 Å². The minimum Gasteiger partial charge on any atom is -0.406 e. The first-order valence-corrected chi connectivity index (χ1v) is 15.8. The summed E-state index contributed by atoms with van der Waals surface area (Å²) in [7, 11) is 0.733. The lowest BCUT2D eigenvalue weighted by atomic mass is 9.98. The van der Waals surface area contributed by atoms with E-state index >= 15 is 0 Å². The van der Waals surface area contributed by atoms with E-state index in [1.54, 1.807) is 37.4 Å². The molecule has 0 amide bonds. The van der Waals surface area contributed by atoms with Gasteiger partial charge in [0.15, 0.2) is 32.3 Å². The van der Waals surface area contributed by atoms with Crippen molar-refractivity contribution in [2.75, 3.05) is 25.7 Å². The van der Waals surface area contributed by atoms with Gasteiger partial charge in [-0.2, -0.15) is 0 Å². The molecule has 2 rings (SSSR count). The fourth-order valence-corrected chi connectivity index (χ4v) is 7.55. The number of carbonyl (C=O) groups excluding carboxylic acids is 1. The van der Waals surface area contributed by atoms with Crippen LogP contribution in [-0.4, -0.2) is 86.0 Å². The van der Waals surface area contributed by atoms with Crippen molar-refractivity contribution in [3.05, 3.63) is 0 Å². The van der Waals surface area contributed by atoms with Gasteiger partial charge in [-0.15, -0.1) is 23.5 Å². The summed E-state index contributed by atoms with van der Waals surface area (Å²) in [5.74, 6) is 0.521. The van der Waals surface area contributed by atoms with Gasteiger partial charge in [0.05, 0.1) is 4.58 Å². The Morgan fingerprint density at radius 1 is 1.10 bits per heavy atom. The minimum atomic E-state index is -2.31. The van der Waals surface area contributed by atoms with Crippen LogP contribution in [0.2, 0.25) is 18.1 Å². The molecule has 2 aliphatic heterocycles. The predicted octanol–water partition coefficient (Wildman–Crippen LogP) is 3.64. The van der Waals surface area contributed by atoms with E-state index in [4.69, 9.17) is 23.4 Å². The first-order valence-electron chi connectivity index (χ1n) is 10.8. The van der Waals surface area contributed by atoms with Crippen LogP contribution in [0.4, 0.5) is 0 Å². The zero-order chi connectivity index (χ0) is 23.6. The highest BCUT2D eigenvalue weighted by molar-refractivity contribution is 8.17. The van der Waals surface area contributed by atoms with Crippen LogP contribution < -0.4 is 0 Å². The molecule has 2 saturated heterocycles. The Morgan fingerprint density at radius 2 is 1.61 bits per heavy atom. The fourth-order valence-electron chi connectivity index (χ4n) is 3.37. The summed E-state index contributed by atoms with van der Waals surface area (Å²) in [6.07, 6.45) is -3.41. The monoisotopic (exact) mass is 496 g/mol. The molecule has 0 spiro atoms. The zero-order valence-corrected chi connectivity index (χ0v) is 22.9. The smallest absolute Gasteiger partial charge is 0.196 e. The van der Waals surface area contributed by atoms with E-state index in [9.17, 15) is 9.90 Å². The van der Waals surface area contributed by atoms with Crippen LogP contribution in [0, 0.1) is 0 Å². The maximum absolute atomic E-state index is 13.6. The van der Waals surface area contributed by atoms with Crippen LogP contribution in [0.15, 0.2) is 0 Å². The molecular weight excluding hydrogens is 456 g/mol. The van der Waals surface area contributed by atoms with Crippen LogP contribution in [0.5, 0.6) is 0 Å². The van der Waals surface area contributed by atoms with Crippen molar-refractivity contribution in [1.29, 1.82) is 0 Å². The second-order valence-electron chi connectivity index (χ2n) is 10.0. The summed E-state index contributed by atoms with van der Waals surface area (Å²) < 4.78 is 29.6. The molecular formula is C21H40O7S2Si. The third-order valence-corrected chi connectivity index (χ3v) is 13.6. The number of Topliss-reactive ketones (excluding diaryl/α,β-unsaturated/α-hetero) is 1. The third-order valence-electron chi connectivity index (χ3n) is 6.09. The second kappa shape index (κ2) is 10.7. The molecule has 182 valence electrons. The summed E-state index contributed by atoms with van der Waals surface area (Å²) in [5, 5.41) is 11.0. The molecule has 0 aromatic carbocycles. The van der Waals surface area contributed by atoms with Gasteiger partial charge in [0.2, 0.25) is 0 Å². The lowest BCUT2D eigenvalue weighted by Gasteiger charge is -2.48. The average molecular weight is 497 g/mol. The van der Waals surface area contributed by atoms with Crippen LogP contribution >= 0.6 is 23.5 Å². The fraction of sp³-hybridized carbons (Fsp3) is 0.952. The molecule has 0 radical (unpaired) electrons. The molecule has 0 bridgehead atoms.